The predicted octanol–water partition coefficient (Wildman–Crippen LogP) is 5.71. The van der Waals surface area contributed by atoms with Gasteiger partial charge in [-0.1, -0.05) is 78.9 Å². The normalized spacial score (nSPS) is 11.7. The summed E-state index contributed by atoms with van der Waals surface area (Å²) in [7, 11) is 1.43. The molecule has 0 amide bonds. The average Bonchev–Trinajstić information content (AvgIpc) is 3.18. The Kier molecular flexibility index (Phi) is 11.9. The molecule has 0 bridgehead atoms. The van der Waals surface area contributed by atoms with E-state index in [0.29, 0.717) is 0 Å². The maximum atomic E-state index is 10.6. The van der Waals surface area contributed by atoms with E-state index in [9.17, 15) is 4.79 Å². The van der Waals surface area contributed by atoms with Crippen molar-refractivity contribution in [3.8, 4) is 0 Å². The van der Waals surface area contributed by atoms with Crippen LogP contribution in [0.3, 0.4) is 0 Å². The Morgan fingerprint density at radius 1 is 1.00 bits per heavy atom. The Bertz CT molecular complexity index is 1090. The molecule has 1 heterocycles. The molecule has 3 aromatic rings. The van der Waals surface area contributed by atoms with E-state index in [1.165, 1.54) is 18.7 Å². The van der Waals surface area contributed by atoms with E-state index in [4.69, 9.17) is 10.2 Å². The molecule has 2 aromatic carbocycles. The van der Waals surface area contributed by atoms with Gasteiger partial charge in [-0.05, 0) is 49.1 Å². The van der Waals surface area contributed by atoms with E-state index in [1.807, 2.05) is 55.5 Å². The number of nitrogens with one attached hydrogen (secondary N) is 1. The van der Waals surface area contributed by atoms with Crippen LogP contribution < -0.4 is 5.48 Å². The molecule has 1 aromatic heterocycles. The fourth-order valence-electron chi connectivity index (χ4n) is 3.41. The van der Waals surface area contributed by atoms with Crippen LogP contribution in [0.4, 0.5) is 0 Å². The molecule has 0 aliphatic carbocycles. The third kappa shape index (κ3) is 8.85. The SMILES string of the molecule is CNO.C\C=C/C=C\C=C\CCn1c(CCc2ccccc2)nc2cc(/C=C/C=O)ccc21. The largest absolute Gasteiger partial charge is 0.328 e. The lowest BCUT2D eigenvalue weighted by Crippen LogP contribution is -2.05. The fourth-order valence-corrected chi connectivity index (χ4v) is 3.41. The zero-order chi connectivity index (χ0) is 23.7. The summed E-state index contributed by atoms with van der Waals surface area (Å²) in [6, 6.07) is 16.7. The van der Waals surface area contributed by atoms with Crippen molar-refractivity contribution < 1.29 is 10.0 Å². The topological polar surface area (TPSA) is 67.2 Å². The zero-order valence-corrected chi connectivity index (χ0v) is 19.4. The first kappa shape index (κ1) is 25.7. The summed E-state index contributed by atoms with van der Waals surface area (Å²) in [5, 5.41) is 7.32. The van der Waals surface area contributed by atoms with Crippen molar-refractivity contribution in [1.82, 2.24) is 15.0 Å². The molecule has 33 heavy (non-hydrogen) atoms. The highest BCUT2D eigenvalue weighted by Crippen LogP contribution is 2.21. The van der Waals surface area contributed by atoms with Gasteiger partial charge in [0.15, 0.2) is 0 Å². The molecule has 0 fully saturated rings. The van der Waals surface area contributed by atoms with Gasteiger partial charge in [-0.15, -0.1) is 0 Å². The van der Waals surface area contributed by atoms with Crippen LogP contribution in [0.1, 0.15) is 30.3 Å². The van der Waals surface area contributed by atoms with Crippen LogP contribution >= 0.6 is 0 Å². The second kappa shape index (κ2) is 15.3. The summed E-state index contributed by atoms with van der Waals surface area (Å²) in [5.74, 6) is 1.10. The average molecular weight is 444 g/mol. The number of aromatic nitrogens is 2. The van der Waals surface area contributed by atoms with Crippen molar-refractivity contribution in [1.29, 1.82) is 0 Å². The highest BCUT2D eigenvalue weighted by atomic mass is 16.5. The Labute approximate surface area is 196 Å². The maximum Gasteiger partial charge on any atom is 0.142 e. The van der Waals surface area contributed by atoms with Crippen LogP contribution in [0.5, 0.6) is 0 Å². The van der Waals surface area contributed by atoms with Crippen LogP contribution in [0.25, 0.3) is 17.1 Å². The summed E-state index contributed by atoms with van der Waals surface area (Å²) in [6.45, 7) is 2.90. The van der Waals surface area contributed by atoms with Crippen molar-refractivity contribution in [2.45, 2.75) is 32.7 Å². The number of aryl methyl sites for hydroxylation is 3. The van der Waals surface area contributed by atoms with Gasteiger partial charge in [0, 0.05) is 20.0 Å². The Morgan fingerprint density at radius 2 is 1.76 bits per heavy atom. The third-order valence-electron chi connectivity index (χ3n) is 4.88. The van der Waals surface area contributed by atoms with Crippen molar-refractivity contribution >= 4 is 23.4 Å². The van der Waals surface area contributed by atoms with E-state index in [0.717, 1.165) is 54.5 Å². The van der Waals surface area contributed by atoms with E-state index in [2.05, 4.69) is 47.1 Å². The summed E-state index contributed by atoms with van der Waals surface area (Å²) in [6.07, 6.45) is 19.3. The molecule has 5 nitrogen and oxygen atoms in total. The highest BCUT2D eigenvalue weighted by Gasteiger charge is 2.11. The van der Waals surface area contributed by atoms with Gasteiger partial charge in [-0.3, -0.25) is 4.79 Å². The van der Waals surface area contributed by atoms with Crippen molar-refractivity contribution in [2.75, 3.05) is 7.05 Å². The first-order chi connectivity index (χ1) is 16.2. The summed E-state index contributed by atoms with van der Waals surface area (Å²) in [4.78, 5) is 15.6. The second-order valence-corrected chi connectivity index (χ2v) is 7.26. The summed E-state index contributed by atoms with van der Waals surface area (Å²) in [5.41, 5.74) is 6.17. The minimum absolute atomic E-state index is 0.797. The van der Waals surface area contributed by atoms with Crippen molar-refractivity contribution in [2.24, 2.45) is 0 Å². The Balaban J connectivity index is 0.00000122. The van der Waals surface area contributed by atoms with E-state index < -0.39 is 0 Å². The monoisotopic (exact) mass is 443 g/mol. The lowest BCUT2D eigenvalue weighted by molar-refractivity contribution is -0.104. The van der Waals surface area contributed by atoms with Gasteiger partial charge in [0.05, 0.1) is 11.0 Å². The van der Waals surface area contributed by atoms with Gasteiger partial charge >= 0.3 is 0 Å². The van der Waals surface area contributed by atoms with E-state index >= 15 is 0 Å². The number of hydroxylamine groups is 1. The lowest BCUT2D eigenvalue weighted by atomic mass is 10.1. The van der Waals surface area contributed by atoms with Gasteiger partial charge in [0.1, 0.15) is 12.1 Å². The van der Waals surface area contributed by atoms with Gasteiger partial charge < -0.3 is 9.77 Å². The Hall–Kier alpha value is -3.54. The molecule has 0 saturated heterocycles. The quantitative estimate of drug-likeness (QED) is 0.182. The molecule has 0 atom stereocenters. The maximum absolute atomic E-state index is 10.6. The standard InChI is InChI=1S/C27H28N2O.CH5NO/c1-2-3-4-5-6-7-11-20-29-26-18-16-24(15-12-21-30)22-25(26)28-27(29)19-17-23-13-9-8-10-14-23;1-2-3/h2-10,12-16,18,21-22H,11,17,19-20H2,1H3;2-3H,1H3/b3-2-,5-4-,7-6+,15-12+;. The molecule has 172 valence electrons. The molecular formula is C28H33N3O2. The number of nitrogens with zero attached hydrogens (tertiary/aromatic N) is 2. The molecular weight excluding hydrogens is 410 g/mol. The van der Waals surface area contributed by atoms with E-state index in [-0.39, 0.29) is 0 Å². The number of allylic oxidation sites excluding steroid dienone is 7. The molecule has 3 rings (SSSR count). The van der Waals surface area contributed by atoms with Crippen LogP contribution in [-0.2, 0) is 24.2 Å². The summed E-state index contributed by atoms with van der Waals surface area (Å²) >= 11 is 0. The Morgan fingerprint density at radius 3 is 2.48 bits per heavy atom. The number of imidazole rings is 1. The first-order valence-electron chi connectivity index (χ1n) is 11.1. The number of fused-ring (bicyclic) bond motifs is 1. The van der Waals surface area contributed by atoms with Crippen LogP contribution in [0.2, 0.25) is 0 Å². The van der Waals surface area contributed by atoms with Crippen molar-refractivity contribution in [3.63, 3.8) is 0 Å². The molecule has 0 spiro atoms. The molecule has 0 unspecified atom stereocenters. The second-order valence-electron chi connectivity index (χ2n) is 7.26. The molecule has 5 heteroatoms. The van der Waals surface area contributed by atoms with E-state index in [1.54, 1.807) is 5.48 Å². The molecule has 0 radical (unpaired) electrons. The number of benzene rings is 2. The number of rotatable bonds is 10. The highest BCUT2D eigenvalue weighted by molar-refractivity contribution is 5.81. The molecule has 2 N–H and O–H groups in total. The number of aldehydes is 1. The van der Waals surface area contributed by atoms with Gasteiger partial charge in [-0.2, -0.15) is 0 Å². The number of carbonyl (C=O) groups excluding carboxylic acids is 1. The number of carbonyl (C=O) groups is 1. The smallest absolute Gasteiger partial charge is 0.142 e. The summed E-state index contributed by atoms with van der Waals surface area (Å²) < 4.78 is 2.32. The van der Waals surface area contributed by atoms with Crippen molar-refractivity contribution in [3.05, 3.63) is 108 Å². The van der Waals surface area contributed by atoms with Gasteiger partial charge in [-0.25, -0.2) is 10.5 Å². The number of hydrogen-bond acceptors (Lipinski definition) is 4. The number of hydrogen-bond donors (Lipinski definition) is 2. The molecule has 0 aliphatic heterocycles. The fraction of sp³-hybridized carbons (Fsp3) is 0.214. The van der Waals surface area contributed by atoms with Crippen LogP contribution in [-0.4, -0.2) is 28.1 Å². The van der Waals surface area contributed by atoms with Gasteiger partial charge in [0.25, 0.3) is 0 Å². The molecule has 0 aliphatic rings. The molecule has 0 saturated carbocycles. The lowest BCUT2D eigenvalue weighted by Gasteiger charge is -2.08. The van der Waals surface area contributed by atoms with Crippen LogP contribution in [0, 0.1) is 0 Å². The minimum Gasteiger partial charge on any atom is -0.328 e. The zero-order valence-electron chi connectivity index (χ0n) is 19.4. The minimum atomic E-state index is 0.797. The predicted molar refractivity (Wildman–Crippen MR) is 137 cm³/mol. The van der Waals surface area contributed by atoms with Crippen LogP contribution in [0.15, 0.2) is 91.1 Å². The van der Waals surface area contributed by atoms with Gasteiger partial charge in [0.2, 0.25) is 0 Å². The first-order valence-corrected chi connectivity index (χ1v) is 11.1. The third-order valence-corrected chi connectivity index (χ3v) is 4.88.